The molecule has 2 aromatic rings. The lowest BCUT2D eigenvalue weighted by Crippen LogP contribution is -2.00. The third-order valence-corrected chi connectivity index (χ3v) is 3.43. The molecule has 1 aromatic heterocycles. The molecule has 1 aromatic carbocycles. The predicted molar refractivity (Wildman–Crippen MR) is 66.3 cm³/mol. The fraction of sp³-hybridized carbons (Fsp3) is 0.167. The molecule has 0 amide bonds. The Morgan fingerprint density at radius 3 is 2.67 bits per heavy atom. The maximum absolute atomic E-state index is 13.1. The first-order chi connectivity index (χ1) is 8.61. The summed E-state index contributed by atoms with van der Waals surface area (Å²) in [5.74, 6) is -1.32. The molecule has 1 heterocycles. The van der Waals surface area contributed by atoms with E-state index in [9.17, 15) is 8.78 Å². The highest BCUT2D eigenvalue weighted by molar-refractivity contribution is 7.99. The Morgan fingerprint density at radius 2 is 2.00 bits per heavy atom. The molecule has 94 valence electrons. The molecule has 2 N–H and O–H groups in total. The van der Waals surface area contributed by atoms with Gasteiger partial charge in [-0.1, -0.05) is 18.7 Å². The van der Waals surface area contributed by atoms with Crippen LogP contribution in [0.5, 0.6) is 0 Å². The van der Waals surface area contributed by atoms with Crippen LogP contribution in [-0.2, 0) is 6.42 Å². The molecule has 0 spiro atoms. The predicted octanol–water partition coefficient (Wildman–Crippen LogP) is 3.05. The normalized spacial score (nSPS) is 10.6. The molecule has 0 saturated carbocycles. The van der Waals surface area contributed by atoms with Crippen molar-refractivity contribution in [3.63, 3.8) is 0 Å². The first-order valence-electron chi connectivity index (χ1n) is 5.34. The molecule has 0 bridgehead atoms. The van der Waals surface area contributed by atoms with Crippen LogP contribution in [0, 0.1) is 11.6 Å². The van der Waals surface area contributed by atoms with E-state index >= 15 is 0 Å². The van der Waals surface area contributed by atoms with Crippen molar-refractivity contribution in [1.29, 1.82) is 0 Å². The Labute approximate surface area is 107 Å². The third kappa shape index (κ3) is 2.59. The molecule has 0 aliphatic rings. The van der Waals surface area contributed by atoms with Gasteiger partial charge in [0, 0.05) is 10.5 Å². The van der Waals surface area contributed by atoms with Gasteiger partial charge in [-0.25, -0.2) is 18.7 Å². The second-order valence-corrected chi connectivity index (χ2v) is 4.64. The zero-order valence-corrected chi connectivity index (χ0v) is 10.5. The van der Waals surface area contributed by atoms with Crippen LogP contribution in [0.25, 0.3) is 0 Å². The van der Waals surface area contributed by atoms with Crippen LogP contribution < -0.4 is 5.73 Å². The molecule has 0 unspecified atom stereocenters. The van der Waals surface area contributed by atoms with Crippen LogP contribution in [0.15, 0.2) is 34.4 Å². The monoisotopic (exact) mass is 267 g/mol. The van der Waals surface area contributed by atoms with E-state index in [1.807, 2.05) is 6.92 Å². The minimum absolute atomic E-state index is 0.414. The SMILES string of the molecule is CCc1c(N)ncnc1Sc1ccc(F)c(F)c1. The first kappa shape index (κ1) is 12.8. The largest absolute Gasteiger partial charge is 0.383 e. The van der Waals surface area contributed by atoms with E-state index in [0.29, 0.717) is 22.2 Å². The number of nitrogen functional groups attached to an aromatic ring is 1. The minimum Gasteiger partial charge on any atom is -0.383 e. The van der Waals surface area contributed by atoms with Crippen molar-refractivity contribution in [1.82, 2.24) is 9.97 Å². The van der Waals surface area contributed by atoms with E-state index in [0.717, 1.165) is 17.7 Å². The zero-order valence-electron chi connectivity index (χ0n) is 9.65. The Bertz CT molecular complexity index is 575. The van der Waals surface area contributed by atoms with Gasteiger partial charge in [-0.3, -0.25) is 0 Å². The standard InChI is InChI=1S/C12H11F2N3S/c1-2-8-11(15)16-6-17-12(8)18-7-3-4-9(13)10(14)5-7/h3-6H,2H2,1H3,(H2,15,16,17). The molecule has 0 atom stereocenters. The maximum atomic E-state index is 13.1. The van der Waals surface area contributed by atoms with Gasteiger partial charge in [-0.05, 0) is 24.6 Å². The molecule has 0 fully saturated rings. The van der Waals surface area contributed by atoms with E-state index in [1.165, 1.54) is 24.2 Å². The van der Waals surface area contributed by atoms with E-state index < -0.39 is 11.6 Å². The Hall–Kier alpha value is -1.69. The van der Waals surface area contributed by atoms with Crippen LogP contribution >= 0.6 is 11.8 Å². The number of halogens is 2. The quantitative estimate of drug-likeness (QED) is 0.868. The Morgan fingerprint density at radius 1 is 1.22 bits per heavy atom. The number of rotatable bonds is 3. The van der Waals surface area contributed by atoms with Crippen LogP contribution in [0.3, 0.4) is 0 Å². The molecule has 0 radical (unpaired) electrons. The summed E-state index contributed by atoms with van der Waals surface area (Å²) >= 11 is 1.24. The summed E-state index contributed by atoms with van der Waals surface area (Å²) in [5, 5.41) is 0.663. The highest BCUT2D eigenvalue weighted by Crippen LogP contribution is 2.31. The topological polar surface area (TPSA) is 51.8 Å². The van der Waals surface area contributed by atoms with Gasteiger partial charge >= 0.3 is 0 Å². The lowest BCUT2D eigenvalue weighted by molar-refractivity contribution is 0.506. The van der Waals surface area contributed by atoms with E-state index in [4.69, 9.17) is 5.73 Å². The second kappa shape index (κ2) is 5.30. The summed E-state index contributed by atoms with van der Waals surface area (Å²) in [5.41, 5.74) is 6.55. The van der Waals surface area contributed by atoms with Gasteiger partial charge in [-0.2, -0.15) is 0 Å². The van der Waals surface area contributed by atoms with Gasteiger partial charge in [0.25, 0.3) is 0 Å². The number of benzene rings is 1. The summed E-state index contributed by atoms with van der Waals surface area (Å²) in [7, 11) is 0. The number of hydrogen-bond donors (Lipinski definition) is 1. The second-order valence-electron chi connectivity index (χ2n) is 3.57. The van der Waals surface area contributed by atoms with Gasteiger partial charge in [0.05, 0.1) is 0 Å². The van der Waals surface area contributed by atoms with Crippen molar-refractivity contribution in [2.45, 2.75) is 23.3 Å². The molecule has 0 aliphatic carbocycles. The summed E-state index contributed by atoms with van der Waals surface area (Å²) in [6.45, 7) is 1.93. The van der Waals surface area contributed by atoms with Crippen LogP contribution in [-0.4, -0.2) is 9.97 Å². The summed E-state index contributed by atoms with van der Waals surface area (Å²) in [6.07, 6.45) is 2.04. The fourth-order valence-electron chi connectivity index (χ4n) is 1.48. The molecule has 18 heavy (non-hydrogen) atoms. The number of anilines is 1. The van der Waals surface area contributed by atoms with Gasteiger partial charge in [0.1, 0.15) is 17.2 Å². The summed E-state index contributed by atoms with van der Waals surface area (Å²) in [4.78, 5) is 8.59. The van der Waals surface area contributed by atoms with E-state index in [-0.39, 0.29) is 0 Å². The van der Waals surface area contributed by atoms with Crippen LogP contribution in [0.1, 0.15) is 12.5 Å². The Kier molecular flexibility index (Phi) is 3.76. The highest BCUT2D eigenvalue weighted by Gasteiger charge is 2.10. The van der Waals surface area contributed by atoms with Crippen molar-refractivity contribution in [3.8, 4) is 0 Å². The Balaban J connectivity index is 2.34. The smallest absolute Gasteiger partial charge is 0.159 e. The van der Waals surface area contributed by atoms with E-state index in [2.05, 4.69) is 9.97 Å². The van der Waals surface area contributed by atoms with Crippen molar-refractivity contribution in [2.24, 2.45) is 0 Å². The number of nitrogens with two attached hydrogens (primary N) is 1. The molecule has 0 aliphatic heterocycles. The zero-order chi connectivity index (χ0) is 13.1. The minimum atomic E-state index is -0.875. The molecule has 3 nitrogen and oxygen atoms in total. The van der Waals surface area contributed by atoms with Crippen molar-refractivity contribution < 1.29 is 8.78 Å². The number of aromatic nitrogens is 2. The molecule has 0 saturated heterocycles. The van der Waals surface area contributed by atoms with Gasteiger partial charge in [0.2, 0.25) is 0 Å². The highest BCUT2D eigenvalue weighted by atomic mass is 32.2. The van der Waals surface area contributed by atoms with Crippen molar-refractivity contribution >= 4 is 17.6 Å². The summed E-state index contributed by atoms with van der Waals surface area (Å²) < 4.78 is 25.9. The average molecular weight is 267 g/mol. The van der Waals surface area contributed by atoms with Gasteiger partial charge < -0.3 is 5.73 Å². The van der Waals surface area contributed by atoms with Crippen LogP contribution in [0.4, 0.5) is 14.6 Å². The third-order valence-electron chi connectivity index (χ3n) is 2.40. The van der Waals surface area contributed by atoms with E-state index in [1.54, 1.807) is 0 Å². The lowest BCUT2D eigenvalue weighted by atomic mass is 10.2. The number of nitrogens with zero attached hydrogens (tertiary/aromatic N) is 2. The molecule has 2 rings (SSSR count). The van der Waals surface area contributed by atoms with Crippen molar-refractivity contribution in [2.75, 3.05) is 5.73 Å². The van der Waals surface area contributed by atoms with Crippen LogP contribution in [0.2, 0.25) is 0 Å². The van der Waals surface area contributed by atoms with Gasteiger partial charge in [0.15, 0.2) is 11.6 Å². The molecular formula is C12H11F2N3S. The summed E-state index contributed by atoms with van der Waals surface area (Å²) in [6, 6.07) is 3.73. The van der Waals surface area contributed by atoms with Gasteiger partial charge in [-0.15, -0.1) is 0 Å². The maximum Gasteiger partial charge on any atom is 0.159 e. The first-order valence-corrected chi connectivity index (χ1v) is 6.15. The fourth-order valence-corrected chi connectivity index (χ4v) is 2.47. The lowest BCUT2D eigenvalue weighted by Gasteiger charge is -2.08. The average Bonchev–Trinajstić information content (AvgIpc) is 2.34. The molecule has 6 heteroatoms. The number of hydrogen-bond acceptors (Lipinski definition) is 4. The van der Waals surface area contributed by atoms with Crippen molar-refractivity contribution in [3.05, 3.63) is 41.7 Å². The molecular weight excluding hydrogens is 256 g/mol.